The second-order valence-electron chi connectivity index (χ2n) is 4.92. The van der Waals surface area contributed by atoms with E-state index in [1.807, 2.05) is 18.2 Å². The van der Waals surface area contributed by atoms with Crippen LogP contribution in [0.5, 0.6) is 0 Å². The monoisotopic (exact) mass is 299 g/mol. The van der Waals surface area contributed by atoms with Crippen LogP contribution in [0.3, 0.4) is 0 Å². The van der Waals surface area contributed by atoms with Gasteiger partial charge in [-0.2, -0.15) is 0 Å². The SMILES string of the molecule is COC[C@H](C)Nc1ncnc2scc(-c3ccccc3)c12. The minimum Gasteiger partial charge on any atom is -0.383 e. The van der Waals surface area contributed by atoms with Crippen molar-refractivity contribution in [1.29, 1.82) is 0 Å². The highest BCUT2D eigenvalue weighted by molar-refractivity contribution is 7.17. The van der Waals surface area contributed by atoms with E-state index in [1.54, 1.807) is 24.8 Å². The molecule has 1 N–H and O–H groups in total. The first-order valence-corrected chi connectivity index (χ1v) is 7.70. The van der Waals surface area contributed by atoms with E-state index in [2.05, 4.69) is 39.7 Å². The number of benzene rings is 1. The lowest BCUT2D eigenvalue weighted by molar-refractivity contribution is 0.190. The van der Waals surface area contributed by atoms with Crippen molar-refractivity contribution in [3.05, 3.63) is 42.0 Å². The van der Waals surface area contributed by atoms with Crippen LogP contribution in [0.1, 0.15) is 6.92 Å². The van der Waals surface area contributed by atoms with Crippen LogP contribution in [0.4, 0.5) is 5.82 Å². The molecule has 0 unspecified atom stereocenters. The Bertz CT molecular complexity index is 727. The Balaban J connectivity index is 2.07. The van der Waals surface area contributed by atoms with Gasteiger partial charge in [0.15, 0.2) is 0 Å². The van der Waals surface area contributed by atoms with E-state index in [1.165, 1.54) is 11.1 Å². The van der Waals surface area contributed by atoms with Gasteiger partial charge in [-0.1, -0.05) is 30.3 Å². The Labute approximate surface area is 127 Å². The normalized spacial score (nSPS) is 12.5. The lowest BCUT2D eigenvalue weighted by Gasteiger charge is -2.14. The van der Waals surface area contributed by atoms with E-state index in [0.29, 0.717) is 6.61 Å². The molecule has 0 bridgehead atoms. The molecule has 1 atom stereocenters. The minimum absolute atomic E-state index is 0.191. The van der Waals surface area contributed by atoms with Crippen LogP contribution in [0.15, 0.2) is 42.0 Å². The number of hydrogen-bond donors (Lipinski definition) is 1. The number of rotatable bonds is 5. The molecule has 0 fully saturated rings. The molecule has 0 aliphatic heterocycles. The first kappa shape index (κ1) is 14.0. The van der Waals surface area contributed by atoms with Crippen molar-refractivity contribution >= 4 is 27.4 Å². The fraction of sp³-hybridized carbons (Fsp3) is 0.250. The number of nitrogens with one attached hydrogen (secondary N) is 1. The number of anilines is 1. The molecular weight excluding hydrogens is 282 g/mol. The number of hydrogen-bond acceptors (Lipinski definition) is 5. The van der Waals surface area contributed by atoms with Crippen LogP contribution in [-0.2, 0) is 4.74 Å². The van der Waals surface area contributed by atoms with Crippen LogP contribution < -0.4 is 5.32 Å². The summed E-state index contributed by atoms with van der Waals surface area (Å²) >= 11 is 1.64. The standard InChI is InChI=1S/C16H17N3OS/c1-11(8-20-2)19-15-14-13(12-6-4-3-5-7-12)9-21-16(14)18-10-17-15/h3-7,9-11H,8H2,1-2H3,(H,17,18,19)/t11-/m0/s1. The molecule has 0 aliphatic rings. The number of methoxy groups -OCH3 is 1. The minimum atomic E-state index is 0.191. The molecule has 2 heterocycles. The molecule has 0 amide bonds. The van der Waals surface area contributed by atoms with Gasteiger partial charge in [0.05, 0.1) is 12.0 Å². The van der Waals surface area contributed by atoms with Crippen LogP contribution in [0.2, 0.25) is 0 Å². The third-order valence-electron chi connectivity index (χ3n) is 3.25. The Morgan fingerprint density at radius 1 is 1.24 bits per heavy atom. The van der Waals surface area contributed by atoms with Gasteiger partial charge in [0, 0.05) is 24.1 Å². The molecule has 2 aromatic heterocycles. The Morgan fingerprint density at radius 3 is 2.81 bits per heavy atom. The van der Waals surface area contributed by atoms with Crippen molar-refractivity contribution in [2.45, 2.75) is 13.0 Å². The zero-order valence-electron chi connectivity index (χ0n) is 12.0. The van der Waals surface area contributed by atoms with Gasteiger partial charge in [0.2, 0.25) is 0 Å². The molecule has 4 nitrogen and oxygen atoms in total. The van der Waals surface area contributed by atoms with Gasteiger partial charge in [-0.3, -0.25) is 0 Å². The summed E-state index contributed by atoms with van der Waals surface area (Å²) in [4.78, 5) is 9.79. The summed E-state index contributed by atoms with van der Waals surface area (Å²) in [5.41, 5.74) is 2.35. The molecule has 5 heteroatoms. The van der Waals surface area contributed by atoms with E-state index < -0.39 is 0 Å². The van der Waals surface area contributed by atoms with Crippen LogP contribution in [0.25, 0.3) is 21.3 Å². The summed E-state index contributed by atoms with van der Waals surface area (Å²) < 4.78 is 5.18. The van der Waals surface area contributed by atoms with Crippen LogP contribution >= 0.6 is 11.3 Å². The third-order valence-corrected chi connectivity index (χ3v) is 4.14. The topological polar surface area (TPSA) is 47.0 Å². The largest absolute Gasteiger partial charge is 0.383 e. The highest BCUT2D eigenvalue weighted by Crippen LogP contribution is 2.36. The zero-order valence-corrected chi connectivity index (χ0v) is 12.9. The molecule has 0 saturated carbocycles. The molecular formula is C16H17N3OS. The van der Waals surface area contributed by atoms with Gasteiger partial charge in [-0.15, -0.1) is 11.3 Å². The Kier molecular flexibility index (Phi) is 4.13. The second-order valence-corrected chi connectivity index (χ2v) is 5.78. The van der Waals surface area contributed by atoms with Gasteiger partial charge >= 0.3 is 0 Å². The van der Waals surface area contributed by atoms with Gasteiger partial charge in [0.25, 0.3) is 0 Å². The molecule has 21 heavy (non-hydrogen) atoms. The number of aromatic nitrogens is 2. The fourth-order valence-corrected chi connectivity index (χ4v) is 3.26. The maximum Gasteiger partial charge on any atom is 0.139 e. The van der Waals surface area contributed by atoms with Gasteiger partial charge in [-0.05, 0) is 12.5 Å². The van der Waals surface area contributed by atoms with Crippen molar-refractivity contribution in [3.63, 3.8) is 0 Å². The van der Waals surface area contributed by atoms with Crippen LogP contribution in [0, 0.1) is 0 Å². The summed E-state index contributed by atoms with van der Waals surface area (Å²) in [5, 5.41) is 6.63. The van der Waals surface area contributed by atoms with Gasteiger partial charge < -0.3 is 10.1 Å². The Hall–Kier alpha value is -1.98. The predicted molar refractivity (Wildman–Crippen MR) is 87.8 cm³/mol. The number of thiophene rings is 1. The summed E-state index contributed by atoms with van der Waals surface area (Å²) in [6.07, 6.45) is 1.61. The lowest BCUT2D eigenvalue weighted by atomic mass is 10.1. The summed E-state index contributed by atoms with van der Waals surface area (Å²) in [6.45, 7) is 2.71. The van der Waals surface area contributed by atoms with E-state index in [-0.39, 0.29) is 6.04 Å². The first-order valence-electron chi connectivity index (χ1n) is 6.82. The van der Waals surface area contributed by atoms with Gasteiger partial charge in [0.1, 0.15) is 17.0 Å². The highest BCUT2D eigenvalue weighted by atomic mass is 32.1. The summed E-state index contributed by atoms with van der Waals surface area (Å²) in [7, 11) is 1.70. The highest BCUT2D eigenvalue weighted by Gasteiger charge is 2.14. The maximum absolute atomic E-state index is 5.18. The third kappa shape index (κ3) is 2.89. The summed E-state index contributed by atoms with van der Waals surface area (Å²) in [5.74, 6) is 0.865. The van der Waals surface area contributed by atoms with Crippen LogP contribution in [-0.4, -0.2) is 29.7 Å². The number of fused-ring (bicyclic) bond motifs is 1. The molecule has 0 spiro atoms. The molecule has 0 aliphatic carbocycles. The smallest absolute Gasteiger partial charge is 0.139 e. The van der Waals surface area contributed by atoms with E-state index >= 15 is 0 Å². The zero-order chi connectivity index (χ0) is 14.7. The first-order chi connectivity index (χ1) is 10.3. The molecule has 3 aromatic rings. The molecule has 3 rings (SSSR count). The van der Waals surface area contributed by atoms with Crippen molar-refractivity contribution in [3.8, 4) is 11.1 Å². The average molecular weight is 299 g/mol. The molecule has 108 valence electrons. The number of nitrogens with zero attached hydrogens (tertiary/aromatic N) is 2. The van der Waals surface area contributed by atoms with E-state index in [9.17, 15) is 0 Å². The van der Waals surface area contributed by atoms with Crippen molar-refractivity contribution in [2.75, 3.05) is 19.0 Å². The second kappa shape index (κ2) is 6.20. The number of ether oxygens (including phenoxy) is 1. The molecule has 0 saturated heterocycles. The quantitative estimate of drug-likeness (QED) is 0.778. The molecule has 1 aromatic carbocycles. The van der Waals surface area contributed by atoms with Gasteiger partial charge in [-0.25, -0.2) is 9.97 Å². The Morgan fingerprint density at radius 2 is 2.05 bits per heavy atom. The predicted octanol–water partition coefficient (Wildman–Crippen LogP) is 3.81. The maximum atomic E-state index is 5.18. The van der Waals surface area contributed by atoms with Crippen molar-refractivity contribution in [1.82, 2.24) is 9.97 Å². The van der Waals surface area contributed by atoms with Crippen molar-refractivity contribution in [2.24, 2.45) is 0 Å². The lowest BCUT2D eigenvalue weighted by Crippen LogP contribution is -2.21. The average Bonchev–Trinajstić information content (AvgIpc) is 2.93. The fourth-order valence-electron chi connectivity index (χ4n) is 2.34. The van der Waals surface area contributed by atoms with E-state index in [0.717, 1.165) is 16.0 Å². The van der Waals surface area contributed by atoms with E-state index in [4.69, 9.17) is 4.74 Å². The summed E-state index contributed by atoms with van der Waals surface area (Å²) in [6, 6.07) is 10.5. The molecule has 0 radical (unpaired) electrons. The van der Waals surface area contributed by atoms with Crippen molar-refractivity contribution < 1.29 is 4.74 Å².